The first-order valence-corrected chi connectivity index (χ1v) is 6.75. The van der Waals surface area contributed by atoms with Crippen LogP contribution in [0.1, 0.15) is 32.8 Å². The molecule has 0 radical (unpaired) electrons. The molecule has 1 aliphatic heterocycles. The van der Waals surface area contributed by atoms with E-state index in [0.717, 1.165) is 42.7 Å². The normalized spacial score (nSPS) is 20.3. The SMILES string of the molecule is CCc1c(Cl)ncnc1N1CCC(C(C)C)C1. The second-order valence-corrected chi connectivity index (χ2v) is 5.42. The van der Waals surface area contributed by atoms with Crippen molar-refractivity contribution in [1.82, 2.24) is 9.97 Å². The van der Waals surface area contributed by atoms with Crippen LogP contribution in [0, 0.1) is 11.8 Å². The Bertz CT molecular complexity index is 392. The summed E-state index contributed by atoms with van der Waals surface area (Å²) >= 11 is 6.13. The minimum atomic E-state index is 0.602. The molecule has 4 heteroatoms. The molecule has 0 saturated carbocycles. The zero-order valence-electron chi connectivity index (χ0n) is 10.8. The minimum absolute atomic E-state index is 0.602. The fourth-order valence-electron chi connectivity index (χ4n) is 2.48. The van der Waals surface area contributed by atoms with E-state index in [1.807, 2.05) is 0 Å². The first-order valence-electron chi connectivity index (χ1n) is 6.37. The lowest BCUT2D eigenvalue weighted by Crippen LogP contribution is -2.23. The van der Waals surface area contributed by atoms with Crippen molar-refractivity contribution in [1.29, 1.82) is 0 Å². The lowest BCUT2D eigenvalue weighted by atomic mass is 9.95. The predicted molar refractivity (Wildman–Crippen MR) is 71.6 cm³/mol. The summed E-state index contributed by atoms with van der Waals surface area (Å²) < 4.78 is 0. The number of hydrogen-bond acceptors (Lipinski definition) is 3. The van der Waals surface area contributed by atoms with Gasteiger partial charge in [-0.3, -0.25) is 0 Å². The van der Waals surface area contributed by atoms with Crippen molar-refractivity contribution in [3.8, 4) is 0 Å². The van der Waals surface area contributed by atoms with E-state index in [1.54, 1.807) is 6.33 Å². The smallest absolute Gasteiger partial charge is 0.137 e. The van der Waals surface area contributed by atoms with Crippen LogP contribution in [-0.2, 0) is 6.42 Å². The molecule has 17 heavy (non-hydrogen) atoms. The number of halogens is 1. The summed E-state index contributed by atoms with van der Waals surface area (Å²) in [6, 6.07) is 0. The molecular formula is C13H20ClN3. The van der Waals surface area contributed by atoms with E-state index in [2.05, 4.69) is 35.6 Å². The topological polar surface area (TPSA) is 29.0 Å². The average Bonchev–Trinajstić information content (AvgIpc) is 2.77. The third-order valence-corrected chi connectivity index (χ3v) is 4.02. The quantitative estimate of drug-likeness (QED) is 0.775. The van der Waals surface area contributed by atoms with Gasteiger partial charge >= 0.3 is 0 Å². The molecule has 1 atom stereocenters. The van der Waals surface area contributed by atoms with Gasteiger partial charge in [-0.25, -0.2) is 9.97 Å². The Morgan fingerprint density at radius 1 is 1.47 bits per heavy atom. The highest BCUT2D eigenvalue weighted by Crippen LogP contribution is 2.31. The Balaban J connectivity index is 2.21. The van der Waals surface area contributed by atoms with Crippen LogP contribution < -0.4 is 4.90 Å². The minimum Gasteiger partial charge on any atom is -0.356 e. The second-order valence-electron chi connectivity index (χ2n) is 5.06. The van der Waals surface area contributed by atoms with Crippen LogP contribution in [0.3, 0.4) is 0 Å². The van der Waals surface area contributed by atoms with Gasteiger partial charge in [0, 0.05) is 18.7 Å². The molecule has 1 saturated heterocycles. The van der Waals surface area contributed by atoms with Gasteiger partial charge in [0.05, 0.1) is 0 Å². The van der Waals surface area contributed by atoms with Crippen LogP contribution in [0.2, 0.25) is 5.15 Å². The van der Waals surface area contributed by atoms with Gasteiger partial charge in [-0.15, -0.1) is 0 Å². The van der Waals surface area contributed by atoms with Crippen molar-refractivity contribution in [2.24, 2.45) is 11.8 Å². The predicted octanol–water partition coefficient (Wildman–Crippen LogP) is 3.17. The van der Waals surface area contributed by atoms with Crippen LogP contribution >= 0.6 is 11.6 Å². The van der Waals surface area contributed by atoms with Crippen LogP contribution in [0.15, 0.2) is 6.33 Å². The highest BCUT2D eigenvalue weighted by molar-refractivity contribution is 6.30. The lowest BCUT2D eigenvalue weighted by Gasteiger charge is -2.21. The molecule has 0 aliphatic carbocycles. The molecule has 2 rings (SSSR count). The molecule has 1 aromatic heterocycles. The Hall–Kier alpha value is -0.830. The summed E-state index contributed by atoms with van der Waals surface area (Å²) in [5, 5.41) is 0.602. The van der Waals surface area contributed by atoms with Gasteiger partial charge in [-0.1, -0.05) is 32.4 Å². The Morgan fingerprint density at radius 2 is 2.24 bits per heavy atom. The van der Waals surface area contributed by atoms with Gasteiger partial charge in [0.25, 0.3) is 0 Å². The summed E-state index contributed by atoms with van der Waals surface area (Å²) in [5.74, 6) is 2.55. The van der Waals surface area contributed by atoms with Gasteiger partial charge < -0.3 is 4.90 Å². The van der Waals surface area contributed by atoms with Crippen molar-refractivity contribution in [2.45, 2.75) is 33.6 Å². The van der Waals surface area contributed by atoms with Crippen molar-refractivity contribution in [3.05, 3.63) is 17.0 Å². The Labute approximate surface area is 108 Å². The molecule has 1 aromatic rings. The number of anilines is 1. The summed E-state index contributed by atoms with van der Waals surface area (Å²) in [5.41, 5.74) is 1.08. The highest BCUT2D eigenvalue weighted by Gasteiger charge is 2.27. The Kier molecular flexibility index (Phi) is 3.87. The molecule has 0 amide bonds. The highest BCUT2D eigenvalue weighted by atomic mass is 35.5. The molecule has 0 aromatic carbocycles. The van der Waals surface area contributed by atoms with Crippen molar-refractivity contribution in [2.75, 3.05) is 18.0 Å². The Morgan fingerprint density at radius 3 is 2.82 bits per heavy atom. The zero-order chi connectivity index (χ0) is 12.4. The maximum atomic E-state index is 6.13. The molecule has 0 spiro atoms. The summed E-state index contributed by atoms with van der Waals surface area (Å²) in [7, 11) is 0. The number of aromatic nitrogens is 2. The van der Waals surface area contributed by atoms with Gasteiger partial charge in [-0.2, -0.15) is 0 Å². The monoisotopic (exact) mass is 253 g/mol. The molecule has 3 nitrogen and oxygen atoms in total. The van der Waals surface area contributed by atoms with Crippen molar-refractivity contribution < 1.29 is 0 Å². The third kappa shape index (κ3) is 2.54. The van der Waals surface area contributed by atoms with Crippen molar-refractivity contribution in [3.63, 3.8) is 0 Å². The van der Waals surface area contributed by atoms with E-state index >= 15 is 0 Å². The first-order chi connectivity index (χ1) is 8.13. The van der Waals surface area contributed by atoms with Gasteiger partial charge in [0.1, 0.15) is 17.3 Å². The third-order valence-electron chi connectivity index (χ3n) is 3.69. The molecule has 0 bridgehead atoms. The first kappa shape index (κ1) is 12.6. The molecule has 94 valence electrons. The molecule has 1 fully saturated rings. The summed E-state index contributed by atoms with van der Waals surface area (Å²) in [6.07, 6.45) is 3.71. The number of nitrogens with zero attached hydrogens (tertiary/aromatic N) is 3. The molecule has 1 unspecified atom stereocenters. The van der Waals surface area contributed by atoms with Crippen molar-refractivity contribution >= 4 is 17.4 Å². The van der Waals surface area contributed by atoms with Gasteiger partial charge in [-0.05, 0) is 24.7 Å². The summed E-state index contributed by atoms with van der Waals surface area (Å²) in [4.78, 5) is 10.8. The van der Waals surface area contributed by atoms with E-state index in [4.69, 9.17) is 11.6 Å². The van der Waals surface area contributed by atoms with Crippen LogP contribution in [0.5, 0.6) is 0 Å². The molecular weight excluding hydrogens is 234 g/mol. The second kappa shape index (κ2) is 5.21. The zero-order valence-corrected chi connectivity index (χ0v) is 11.5. The molecule has 0 N–H and O–H groups in total. The van der Waals surface area contributed by atoms with Crippen LogP contribution in [0.4, 0.5) is 5.82 Å². The maximum Gasteiger partial charge on any atom is 0.137 e. The fourth-order valence-corrected chi connectivity index (χ4v) is 2.74. The average molecular weight is 254 g/mol. The lowest BCUT2D eigenvalue weighted by molar-refractivity contribution is 0.422. The van der Waals surface area contributed by atoms with E-state index in [9.17, 15) is 0 Å². The van der Waals surface area contributed by atoms with E-state index in [0.29, 0.717) is 5.15 Å². The van der Waals surface area contributed by atoms with Gasteiger partial charge in [0.15, 0.2) is 0 Å². The largest absolute Gasteiger partial charge is 0.356 e. The fraction of sp³-hybridized carbons (Fsp3) is 0.692. The number of rotatable bonds is 3. The van der Waals surface area contributed by atoms with E-state index in [-0.39, 0.29) is 0 Å². The van der Waals surface area contributed by atoms with Gasteiger partial charge in [0.2, 0.25) is 0 Å². The number of hydrogen-bond donors (Lipinski definition) is 0. The summed E-state index contributed by atoms with van der Waals surface area (Å²) in [6.45, 7) is 8.87. The van der Waals surface area contributed by atoms with Crippen LogP contribution in [0.25, 0.3) is 0 Å². The van der Waals surface area contributed by atoms with Crippen LogP contribution in [-0.4, -0.2) is 23.1 Å². The molecule has 1 aliphatic rings. The van der Waals surface area contributed by atoms with E-state index in [1.165, 1.54) is 6.42 Å². The standard InChI is InChI=1S/C13H20ClN3/c1-4-11-12(14)15-8-16-13(11)17-6-5-10(7-17)9(2)3/h8-10H,4-7H2,1-3H3. The van der Waals surface area contributed by atoms with E-state index < -0.39 is 0 Å². The maximum absolute atomic E-state index is 6.13. The molecule has 2 heterocycles.